The molecule has 3 aromatic rings. The average Bonchev–Trinajstić information content (AvgIpc) is 2.87. The number of aromatic nitrogens is 4. The molecule has 0 aromatic carbocycles. The first kappa shape index (κ1) is 13.2. The molecule has 3 rings (SSSR count). The Kier molecular flexibility index (Phi) is 3.35. The van der Waals surface area contributed by atoms with Crippen LogP contribution in [-0.2, 0) is 6.54 Å². The molecule has 106 valence electrons. The lowest BCUT2D eigenvalue weighted by atomic mass is 10.3. The summed E-state index contributed by atoms with van der Waals surface area (Å²) in [7, 11) is 0. The van der Waals surface area contributed by atoms with Crippen LogP contribution in [0.15, 0.2) is 36.5 Å². The first-order chi connectivity index (χ1) is 10.1. The number of pyridine rings is 1. The Labute approximate surface area is 121 Å². The molecule has 0 aliphatic heterocycles. The van der Waals surface area contributed by atoms with Crippen molar-refractivity contribution in [3.8, 4) is 0 Å². The molecule has 0 aliphatic carbocycles. The highest BCUT2D eigenvalue weighted by Gasteiger charge is 2.11. The van der Waals surface area contributed by atoms with Gasteiger partial charge in [0.1, 0.15) is 5.69 Å². The third-order valence-corrected chi connectivity index (χ3v) is 3.12. The molecule has 0 spiro atoms. The van der Waals surface area contributed by atoms with Crippen molar-refractivity contribution in [1.29, 1.82) is 0 Å². The smallest absolute Gasteiger partial charge is 0.270 e. The number of carbonyl (C=O) groups is 1. The van der Waals surface area contributed by atoms with E-state index in [1.807, 2.05) is 38.1 Å². The highest BCUT2D eigenvalue weighted by Crippen LogP contribution is 2.09. The third-order valence-electron chi connectivity index (χ3n) is 3.12. The zero-order valence-corrected chi connectivity index (χ0v) is 11.9. The second-order valence-electron chi connectivity index (χ2n) is 4.84. The Balaban J connectivity index is 1.81. The number of aryl methyl sites for hydroxylation is 2. The maximum atomic E-state index is 12.2. The van der Waals surface area contributed by atoms with Crippen LogP contribution in [-0.4, -0.2) is 25.5 Å². The van der Waals surface area contributed by atoms with Crippen LogP contribution in [0.5, 0.6) is 0 Å². The fraction of sp³-hybridized carbons (Fsp3) is 0.200. The van der Waals surface area contributed by atoms with E-state index in [0.29, 0.717) is 17.9 Å². The molecular weight excluding hydrogens is 266 g/mol. The number of nitrogens with one attached hydrogen (secondary N) is 1. The van der Waals surface area contributed by atoms with E-state index in [4.69, 9.17) is 0 Å². The first-order valence-electron chi connectivity index (χ1n) is 6.65. The van der Waals surface area contributed by atoms with E-state index in [1.165, 1.54) is 0 Å². The summed E-state index contributed by atoms with van der Waals surface area (Å²) in [5.74, 6) is -0.217. The summed E-state index contributed by atoms with van der Waals surface area (Å²) in [6, 6.07) is 9.17. The van der Waals surface area contributed by atoms with Gasteiger partial charge in [0.15, 0.2) is 5.65 Å². The third kappa shape index (κ3) is 2.74. The Morgan fingerprint density at radius 3 is 2.90 bits per heavy atom. The summed E-state index contributed by atoms with van der Waals surface area (Å²) in [5, 5.41) is 7.14. The molecule has 0 unspecified atom stereocenters. The van der Waals surface area contributed by atoms with Gasteiger partial charge in [0.25, 0.3) is 5.91 Å². The molecular formula is C15H15N5O. The number of fused-ring (bicyclic) bond motifs is 1. The predicted molar refractivity (Wildman–Crippen MR) is 77.9 cm³/mol. The van der Waals surface area contributed by atoms with Gasteiger partial charge >= 0.3 is 0 Å². The Morgan fingerprint density at radius 1 is 1.29 bits per heavy atom. The van der Waals surface area contributed by atoms with E-state index in [1.54, 1.807) is 16.8 Å². The van der Waals surface area contributed by atoms with Crippen LogP contribution in [0.4, 0.5) is 0 Å². The van der Waals surface area contributed by atoms with E-state index in [9.17, 15) is 4.79 Å². The normalized spacial score (nSPS) is 10.8. The van der Waals surface area contributed by atoms with Crippen molar-refractivity contribution in [2.24, 2.45) is 0 Å². The molecule has 1 amide bonds. The van der Waals surface area contributed by atoms with Crippen molar-refractivity contribution in [2.75, 3.05) is 0 Å². The number of carbonyl (C=O) groups excluding carboxylic acids is 1. The van der Waals surface area contributed by atoms with Gasteiger partial charge < -0.3 is 5.32 Å². The number of nitrogens with zero attached hydrogens (tertiary/aromatic N) is 4. The van der Waals surface area contributed by atoms with Gasteiger partial charge in [-0.3, -0.25) is 9.78 Å². The lowest BCUT2D eigenvalue weighted by molar-refractivity contribution is 0.0945. The molecule has 0 radical (unpaired) electrons. The van der Waals surface area contributed by atoms with Crippen LogP contribution in [0.25, 0.3) is 5.65 Å². The van der Waals surface area contributed by atoms with E-state index < -0.39 is 0 Å². The largest absolute Gasteiger partial charge is 0.345 e. The van der Waals surface area contributed by atoms with Crippen LogP contribution in [0.2, 0.25) is 0 Å². The first-order valence-corrected chi connectivity index (χ1v) is 6.65. The zero-order chi connectivity index (χ0) is 14.8. The number of hydrogen-bond donors (Lipinski definition) is 1. The molecule has 6 nitrogen and oxygen atoms in total. The SMILES string of the molecule is Cc1cc2nc(C(=O)NCc3ccccn3)cc(C)n2n1. The van der Waals surface area contributed by atoms with Crippen molar-refractivity contribution in [2.45, 2.75) is 20.4 Å². The molecule has 0 fully saturated rings. The van der Waals surface area contributed by atoms with Crippen molar-refractivity contribution >= 4 is 11.6 Å². The molecule has 0 atom stereocenters. The fourth-order valence-electron chi connectivity index (χ4n) is 2.12. The second-order valence-corrected chi connectivity index (χ2v) is 4.84. The Morgan fingerprint density at radius 2 is 2.14 bits per heavy atom. The van der Waals surface area contributed by atoms with Gasteiger partial charge in [-0.2, -0.15) is 5.10 Å². The standard InChI is InChI=1S/C15H15N5O/c1-10-7-14-18-13(8-11(2)20(14)19-10)15(21)17-9-12-5-3-4-6-16-12/h3-8H,9H2,1-2H3,(H,17,21). The molecule has 6 heteroatoms. The van der Waals surface area contributed by atoms with Crippen LogP contribution in [0.3, 0.4) is 0 Å². The van der Waals surface area contributed by atoms with Gasteiger partial charge in [0, 0.05) is 18.0 Å². The summed E-state index contributed by atoms with van der Waals surface area (Å²) in [6.07, 6.45) is 1.70. The van der Waals surface area contributed by atoms with Gasteiger partial charge in [-0.25, -0.2) is 9.50 Å². The fourth-order valence-corrected chi connectivity index (χ4v) is 2.12. The quantitative estimate of drug-likeness (QED) is 0.792. The summed E-state index contributed by atoms with van der Waals surface area (Å²) in [4.78, 5) is 20.7. The van der Waals surface area contributed by atoms with Crippen LogP contribution in [0, 0.1) is 13.8 Å². The number of amides is 1. The van der Waals surface area contributed by atoms with Crippen molar-refractivity contribution in [3.63, 3.8) is 0 Å². The molecule has 3 aromatic heterocycles. The Hall–Kier alpha value is -2.76. The number of rotatable bonds is 3. The molecule has 1 N–H and O–H groups in total. The lowest BCUT2D eigenvalue weighted by Crippen LogP contribution is -2.24. The van der Waals surface area contributed by atoms with Crippen LogP contribution in [0.1, 0.15) is 27.6 Å². The van der Waals surface area contributed by atoms with E-state index >= 15 is 0 Å². The van der Waals surface area contributed by atoms with Gasteiger partial charge in [-0.1, -0.05) is 6.07 Å². The minimum Gasteiger partial charge on any atom is -0.345 e. The monoisotopic (exact) mass is 281 g/mol. The van der Waals surface area contributed by atoms with Crippen LogP contribution >= 0.6 is 0 Å². The van der Waals surface area contributed by atoms with Crippen molar-refractivity contribution < 1.29 is 4.79 Å². The van der Waals surface area contributed by atoms with E-state index in [0.717, 1.165) is 17.1 Å². The van der Waals surface area contributed by atoms with Gasteiger partial charge in [-0.15, -0.1) is 0 Å². The maximum Gasteiger partial charge on any atom is 0.270 e. The molecule has 0 saturated heterocycles. The molecule has 0 aliphatic rings. The minimum atomic E-state index is -0.217. The summed E-state index contributed by atoms with van der Waals surface area (Å²) in [6.45, 7) is 4.18. The predicted octanol–water partition coefficient (Wildman–Crippen LogP) is 1.67. The summed E-state index contributed by atoms with van der Waals surface area (Å²) < 4.78 is 1.73. The van der Waals surface area contributed by atoms with E-state index in [-0.39, 0.29) is 5.91 Å². The molecule has 0 bridgehead atoms. The highest BCUT2D eigenvalue weighted by molar-refractivity contribution is 5.92. The van der Waals surface area contributed by atoms with Crippen molar-refractivity contribution in [1.82, 2.24) is 24.9 Å². The average molecular weight is 281 g/mol. The molecule has 21 heavy (non-hydrogen) atoms. The maximum absolute atomic E-state index is 12.2. The van der Waals surface area contributed by atoms with Gasteiger partial charge in [0.05, 0.1) is 17.9 Å². The van der Waals surface area contributed by atoms with Crippen molar-refractivity contribution in [3.05, 3.63) is 59.3 Å². The zero-order valence-electron chi connectivity index (χ0n) is 11.9. The lowest BCUT2D eigenvalue weighted by Gasteiger charge is -2.06. The second kappa shape index (κ2) is 5.32. The van der Waals surface area contributed by atoms with Gasteiger partial charge in [0.2, 0.25) is 0 Å². The van der Waals surface area contributed by atoms with Crippen LogP contribution < -0.4 is 5.32 Å². The van der Waals surface area contributed by atoms with Gasteiger partial charge in [-0.05, 0) is 32.0 Å². The Bertz CT molecular complexity index is 794. The molecule has 3 heterocycles. The molecule has 0 saturated carbocycles. The summed E-state index contributed by atoms with van der Waals surface area (Å²) in [5.41, 5.74) is 3.61. The minimum absolute atomic E-state index is 0.217. The topological polar surface area (TPSA) is 72.2 Å². The van der Waals surface area contributed by atoms with E-state index in [2.05, 4.69) is 20.4 Å². The number of hydrogen-bond acceptors (Lipinski definition) is 4. The summed E-state index contributed by atoms with van der Waals surface area (Å²) >= 11 is 0. The highest BCUT2D eigenvalue weighted by atomic mass is 16.1.